The normalized spacial score (nSPS) is 13.6. The van der Waals surface area contributed by atoms with Crippen LogP contribution in [0.4, 0.5) is 0 Å². The van der Waals surface area contributed by atoms with Crippen molar-refractivity contribution >= 4 is 5.91 Å². The van der Waals surface area contributed by atoms with E-state index < -0.39 is 0 Å². The molecule has 1 aromatic carbocycles. The average Bonchev–Trinajstić information content (AvgIpc) is 3.48. The molecule has 0 radical (unpaired) electrons. The Morgan fingerprint density at radius 1 is 1.14 bits per heavy atom. The van der Waals surface area contributed by atoms with Crippen molar-refractivity contribution in [2.24, 2.45) is 0 Å². The molecule has 150 valence electrons. The van der Waals surface area contributed by atoms with Crippen LogP contribution in [0.1, 0.15) is 56.0 Å². The summed E-state index contributed by atoms with van der Waals surface area (Å²) in [5, 5.41) is 4.01. The number of nitrogens with zero attached hydrogens (tertiary/aromatic N) is 4. The van der Waals surface area contributed by atoms with Gasteiger partial charge in [0.25, 0.3) is 0 Å². The fourth-order valence-corrected chi connectivity index (χ4v) is 3.34. The van der Waals surface area contributed by atoms with Crippen LogP contribution in [0.5, 0.6) is 0 Å². The van der Waals surface area contributed by atoms with Crippen LogP contribution in [0.3, 0.4) is 0 Å². The first-order valence-corrected chi connectivity index (χ1v) is 10.2. The molecule has 0 atom stereocenters. The zero-order chi connectivity index (χ0) is 20.2. The van der Waals surface area contributed by atoms with Gasteiger partial charge in [-0.05, 0) is 42.0 Å². The van der Waals surface area contributed by atoms with Crippen LogP contribution in [-0.2, 0) is 17.8 Å². The molecule has 0 spiro atoms. The Balaban J connectivity index is 1.36. The van der Waals surface area contributed by atoms with E-state index in [4.69, 9.17) is 4.52 Å². The molecule has 1 aliphatic carbocycles. The van der Waals surface area contributed by atoms with Crippen LogP contribution in [0.15, 0.2) is 53.3 Å². The molecule has 1 fully saturated rings. The topological polar surface area (TPSA) is 72.1 Å². The van der Waals surface area contributed by atoms with E-state index in [0.29, 0.717) is 43.1 Å². The molecular weight excluding hydrogens is 364 g/mol. The van der Waals surface area contributed by atoms with Crippen LogP contribution >= 0.6 is 0 Å². The fraction of sp³-hybridized carbons (Fsp3) is 0.391. The first-order valence-electron chi connectivity index (χ1n) is 10.2. The molecule has 4 rings (SSSR count). The summed E-state index contributed by atoms with van der Waals surface area (Å²) < 4.78 is 5.33. The number of rotatable bonds is 8. The van der Waals surface area contributed by atoms with Gasteiger partial charge in [0.1, 0.15) is 0 Å². The Kier molecular flexibility index (Phi) is 5.69. The van der Waals surface area contributed by atoms with Crippen LogP contribution in [0, 0.1) is 0 Å². The largest absolute Gasteiger partial charge is 0.339 e. The van der Waals surface area contributed by atoms with Gasteiger partial charge in [-0.2, -0.15) is 4.98 Å². The van der Waals surface area contributed by atoms with Crippen molar-refractivity contribution in [2.75, 3.05) is 0 Å². The predicted octanol–water partition coefficient (Wildman–Crippen LogP) is 4.38. The SMILES string of the molecule is CC(C)c1ccc(CN(C(=O)CCc2nc(-c3ccncc3)no2)C2CC2)cc1. The van der Waals surface area contributed by atoms with Gasteiger partial charge in [-0.25, -0.2) is 0 Å². The highest BCUT2D eigenvalue weighted by atomic mass is 16.5. The van der Waals surface area contributed by atoms with Gasteiger partial charge >= 0.3 is 0 Å². The van der Waals surface area contributed by atoms with Crippen molar-refractivity contribution in [3.63, 3.8) is 0 Å². The van der Waals surface area contributed by atoms with E-state index in [1.807, 2.05) is 17.0 Å². The Labute approximate surface area is 171 Å². The summed E-state index contributed by atoms with van der Waals surface area (Å²) in [5.41, 5.74) is 3.35. The maximum atomic E-state index is 12.9. The molecule has 29 heavy (non-hydrogen) atoms. The van der Waals surface area contributed by atoms with Gasteiger partial charge in [-0.1, -0.05) is 43.3 Å². The zero-order valence-corrected chi connectivity index (χ0v) is 16.9. The molecule has 6 nitrogen and oxygen atoms in total. The molecule has 2 aromatic heterocycles. The molecule has 0 aliphatic heterocycles. The third-order valence-electron chi connectivity index (χ3n) is 5.27. The predicted molar refractivity (Wildman–Crippen MR) is 110 cm³/mol. The summed E-state index contributed by atoms with van der Waals surface area (Å²) in [5.74, 6) is 1.67. The van der Waals surface area contributed by atoms with Gasteiger partial charge in [0.15, 0.2) is 0 Å². The Hall–Kier alpha value is -3.02. The maximum Gasteiger partial charge on any atom is 0.227 e. The van der Waals surface area contributed by atoms with Gasteiger partial charge in [-0.15, -0.1) is 0 Å². The van der Waals surface area contributed by atoms with Crippen molar-refractivity contribution < 1.29 is 9.32 Å². The number of carbonyl (C=O) groups is 1. The van der Waals surface area contributed by atoms with Gasteiger partial charge in [0.05, 0.1) is 0 Å². The second-order valence-corrected chi connectivity index (χ2v) is 7.90. The molecule has 6 heteroatoms. The van der Waals surface area contributed by atoms with Gasteiger partial charge in [0, 0.05) is 43.4 Å². The standard InChI is InChI=1S/C23H26N4O2/c1-16(2)18-5-3-17(4-6-18)15-27(20-7-8-20)22(28)10-9-21-25-23(26-29-21)19-11-13-24-14-12-19/h3-6,11-14,16,20H,7-10,15H2,1-2H3. The number of hydrogen-bond acceptors (Lipinski definition) is 5. The van der Waals surface area contributed by atoms with E-state index in [-0.39, 0.29) is 5.91 Å². The molecular formula is C23H26N4O2. The van der Waals surface area contributed by atoms with E-state index in [0.717, 1.165) is 18.4 Å². The minimum absolute atomic E-state index is 0.143. The number of carbonyl (C=O) groups excluding carboxylic acids is 1. The second-order valence-electron chi connectivity index (χ2n) is 7.90. The summed E-state index contributed by atoms with van der Waals surface area (Å²) in [6.45, 7) is 5.04. The summed E-state index contributed by atoms with van der Waals surface area (Å²) in [6.07, 6.45) is 6.38. The van der Waals surface area contributed by atoms with Gasteiger partial charge < -0.3 is 9.42 Å². The maximum absolute atomic E-state index is 12.9. The number of pyridine rings is 1. The Bertz CT molecular complexity index is 947. The van der Waals surface area contributed by atoms with Crippen LogP contribution in [0.25, 0.3) is 11.4 Å². The molecule has 1 aliphatic rings. The molecule has 3 aromatic rings. The monoisotopic (exact) mass is 390 g/mol. The lowest BCUT2D eigenvalue weighted by atomic mass is 10.0. The van der Waals surface area contributed by atoms with Crippen molar-refractivity contribution in [3.8, 4) is 11.4 Å². The van der Waals surface area contributed by atoms with Crippen molar-refractivity contribution in [3.05, 3.63) is 65.8 Å². The van der Waals surface area contributed by atoms with E-state index in [1.165, 1.54) is 11.1 Å². The van der Waals surface area contributed by atoms with E-state index in [2.05, 4.69) is 53.2 Å². The third-order valence-corrected chi connectivity index (χ3v) is 5.27. The van der Waals surface area contributed by atoms with Crippen LogP contribution in [0.2, 0.25) is 0 Å². The van der Waals surface area contributed by atoms with Crippen molar-refractivity contribution in [1.29, 1.82) is 0 Å². The fourth-order valence-electron chi connectivity index (χ4n) is 3.34. The molecule has 0 unspecified atom stereocenters. The second kappa shape index (κ2) is 8.55. The third kappa shape index (κ3) is 4.88. The first-order chi connectivity index (χ1) is 14.1. The van der Waals surface area contributed by atoms with Crippen molar-refractivity contribution in [2.45, 2.75) is 58.0 Å². The molecule has 1 saturated carbocycles. The van der Waals surface area contributed by atoms with E-state index in [9.17, 15) is 4.79 Å². The number of aryl methyl sites for hydroxylation is 1. The summed E-state index contributed by atoms with van der Waals surface area (Å²) >= 11 is 0. The number of benzene rings is 1. The lowest BCUT2D eigenvalue weighted by Crippen LogP contribution is -2.32. The number of amides is 1. The molecule has 0 saturated heterocycles. The molecule has 1 amide bonds. The Morgan fingerprint density at radius 3 is 2.52 bits per heavy atom. The molecule has 0 bridgehead atoms. The summed E-state index contributed by atoms with van der Waals surface area (Å²) in [6, 6.07) is 12.6. The van der Waals surface area contributed by atoms with Crippen molar-refractivity contribution in [1.82, 2.24) is 20.0 Å². The molecule has 2 heterocycles. The Morgan fingerprint density at radius 2 is 1.86 bits per heavy atom. The highest BCUT2D eigenvalue weighted by molar-refractivity contribution is 5.77. The summed E-state index contributed by atoms with van der Waals surface area (Å²) in [7, 11) is 0. The number of hydrogen-bond donors (Lipinski definition) is 0. The lowest BCUT2D eigenvalue weighted by molar-refractivity contribution is -0.132. The highest BCUT2D eigenvalue weighted by Gasteiger charge is 2.32. The first kappa shape index (κ1) is 19.3. The summed E-state index contributed by atoms with van der Waals surface area (Å²) in [4.78, 5) is 23.3. The number of aromatic nitrogens is 3. The van der Waals surface area contributed by atoms with Gasteiger partial charge in [0.2, 0.25) is 17.6 Å². The lowest BCUT2D eigenvalue weighted by Gasteiger charge is -2.22. The van der Waals surface area contributed by atoms with Crippen LogP contribution in [-0.4, -0.2) is 32.0 Å². The van der Waals surface area contributed by atoms with Gasteiger partial charge in [-0.3, -0.25) is 9.78 Å². The minimum atomic E-state index is 0.143. The van der Waals surface area contributed by atoms with E-state index >= 15 is 0 Å². The van der Waals surface area contributed by atoms with Crippen LogP contribution < -0.4 is 0 Å². The van der Waals surface area contributed by atoms with E-state index in [1.54, 1.807) is 12.4 Å². The average molecular weight is 390 g/mol. The quantitative estimate of drug-likeness (QED) is 0.571. The smallest absolute Gasteiger partial charge is 0.227 e. The molecule has 0 N–H and O–H groups in total. The zero-order valence-electron chi connectivity index (χ0n) is 16.9. The minimum Gasteiger partial charge on any atom is -0.339 e. The highest BCUT2D eigenvalue weighted by Crippen LogP contribution is 2.29.